The van der Waals surface area contributed by atoms with Crippen molar-refractivity contribution >= 4 is 27.3 Å². The lowest BCUT2D eigenvalue weighted by molar-refractivity contribution is -0.684. The van der Waals surface area contributed by atoms with E-state index in [1.807, 2.05) is 4.90 Å². The molecule has 1 aromatic carbocycles. The van der Waals surface area contributed by atoms with Gasteiger partial charge in [0.15, 0.2) is 0 Å². The highest BCUT2D eigenvalue weighted by Crippen LogP contribution is 2.36. The van der Waals surface area contributed by atoms with Crippen LogP contribution in [-0.4, -0.2) is 53.3 Å². The number of benzene rings is 1. The minimum Gasteiger partial charge on any atom is -0.477 e. The van der Waals surface area contributed by atoms with Crippen LogP contribution in [0.4, 0.5) is 13.2 Å². The van der Waals surface area contributed by atoms with Crippen LogP contribution >= 0.6 is 11.6 Å². The summed E-state index contributed by atoms with van der Waals surface area (Å²) in [7, 11) is -4.19. The lowest BCUT2D eigenvalue weighted by atomic mass is 10.2. The second kappa shape index (κ2) is 9.57. The Bertz CT molecular complexity index is 1510. The minimum atomic E-state index is -4.78. The van der Waals surface area contributed by atoms with Crippen molar-refractivity contribution in [3.05, 3.63) is 69.1 Å². The second-order valence-electron chi connectivity index (χ2n) is 9.41. The summed E-state index contributed by atoms with van der Waals surface area (Å²) in [5.41, 5.74) is -0.748. The van der Waals surface area contributed by atoms with E-state index >= 15 is 0 Å². The minimum absolute atomic E-state index is 0.0179. The summed E-state index contributed by atoms with van der Waals surface area (Å²) in [4.78, 5) is 14.5. The van der Waals surface area contributed by atoms with Gasteiger partial charge < -0.3 is 5.11 Å². The summed E-state index contributed by atoms with van der Waals surface area (Å²) in [6.45, 7) is 1.21. The smallest absolute Gasteiger partial charge is 0.417 e. The van der Waals surface area contributed by atoms with Crippen molar-refractivity contribution in [2.24, 2.45) is 5.92 Å². The maximum Gasteiger partial charge on any atom is 0.417 e. The molecule has 2 aromatic heterocycles. The van der Waals surface area contributed by atoms with E-state index in [-0.39, 0.29) is 49.7 Å². The normalized spacial score (nSPS) is 17.9. The van der Waals surface area contributed by atoms with Gasteiger partial charge in [0.25, 0.3) is 11.5 Å². The highest BCUT2D eigenvalue weighted by atomic mass is 35.5. The number of alkyl halides is 3. The second-order valence-corrected chi connectivity index (χ2v) is 11.8. The molecule has 2 aliphatic rings. The van der Waals surface area contributed by atoms with Gasteiger partial charge in [0, 0.05) is 38.8 Å². The summed E-state index contributed by atoms with van der Waals surface area (Å²) < 4.78 is 70.2. The third-order valence-corrected chi connectivity index (χ3v) is 9.07. The van der Waals surface area contributed by atoms with Crippen LogP contribution in [0.25, 0.3) is 5.65 Å². The largest absolute Gasteiger partial charge is 0.477 e. The molecule has 198 valence electrons. The van der Waals surface area contributed by atoms with Crippen LogP contribution in [0.15, 0.2) is 52.3 Å². The van der Waals surface area contributed by atoms with E-state index in [2.05, 4.69) is 0 Å². The van der Waals surface area contributed by atoms with Crippen LogP contribution in [0, 0.1) is 5.92 Å². The number of sulfonamides is 1. The molecule has 1 N–H and O–H groups in total. The maximum absolute atomic E-state index is 13.2. The highest BCUT2D eigenvalue weighted by molar-refractivity contribution is 7.89. The van der Waals surface area contributed by atoms with Crippen LogP contribution in [-0.2, 0) is 29.3 Å². The standard InChI is InChI=1S/C24H24ClF3N4O4S/c25-20-7-6-17(13-19(20)24(26,27)28)37(35,36)30-11-9-29(10-12-30)15-18-22(33)31-8-2-1-3-21(31)32(23(18)34)14-16-4-5-16/h1-3,6-8,13,16H,4-5,9-12,14-15H2/p+1. The summed E-state index contributed by atoms with van der Waals surface area (Å²) in [5, 5.41) is 10.5. The molecule has 1 saturated heterocycles. The first-order valence-corrected chi connectivity index (χ1v) is 13.6. The molecule has 0 radical (unpaired) electrons. The Morgan fingerprint density at radius 1 is 1.08 bits per heavy atom. The van der Waals surface area contributed by atoms with Gasteiger partial charge in [-0.3, -0.25) is 4.90 Å². The molecule has 0 amide bonds. The summed E-state index contributed by atoms with van der Waals surface area (Å²) in [5.74, 6) is 0.351. The SMILES string of the molecule is O=c1c(CN2CCN(S(=O)(=O)c3ccc(Cl)c(C(F)(F)F)c3)CC2)c(O)[n+](CC2CC2)c2ccccn12. The Kier molecular flexibility index (Phi) is 6.71. The van der Waals surface area contributed by atoms with Crippen molar-refractivity contribution in [2.45, 2.75) is 37.0 Å². The van der Waals surface area contributed by atoms with E-state index in [0.717, 1.165) is 29.3 Å². The molecule has 1 saturated carbocycles. The molecule has 1 aliphatic heterocycles. The lowest BCUT2D eigenvalue weighted by Gasteiger charge is -2.33. The molecule has 1 aliphatic carbocycles. The number of rotatable bonds is 6. The third-order valence-electron chi connectivity index (χ3n) is 6.85. The third kappa shape index (κ3) is 5.07. The van der Waals surface area contributed by atoms with Crippen molar-refractivity contribution in [3.63, 3.8) is 0 Å². The van der Waals surface area contributed by atoms with E-state index in [4.69, 9.17) is 11.6 Å². The zero-order valence-corrected chi connectivity index (χ0v) is 21.2. The predicted octanol–water partition coefficient (Wildman–Crippen LogP) is 2.88. The Morgan fingerprint density at radius 2 is 1.78 bits per heavy atom. The number of nitrogens with zero attached hydrogens (tertiary/aromatic N) is 4. The molecule has 8 nitrogen and oxygen atoms in total. The number of aromatic nitrogens is 2. The number of hydrogen-bond donors (Lipinski definition) is 1. The van der Waals surface area contributed by atoms with E-state index in [0.29, 0.717) is 24.2 Å². The van der Waals surface area contributed by atoms with E-state index < -0.39 is 31.7 Å². The number of hydrogen-bond acceptors (Lipinski definition) is 5. The van der Waals surface area contributed by atoms with Crippen LogP contribution < -0.4 is 10.1 Å². The predicted molar refractivity (Wildman–Crippen MR) is 129 cm³/mol. The van der Waals surface area contributed by atoms with Crippen molar-refractivity contribution < 1.29 is 31.3 Å². The first-order chi connectivity index (χ1) is 17.5. The van der Waals surface area contributed by atoms with Crippen molar-refractivity contribution in [1.29, 1.82) is 0 Å². The Balaban J connectivity index is 1.35. The average molecular weight is 558 g/mol. The van der Waals surface area contributed by atoms with Gasteiger partial charge in [0.1, 0.15) is 5.56 Å². The molecular weight excluding hydrogens is 533 g/mol. The number of halogens is 4. The molecule has 3 aromatic rings. The maximum atomic E-state index is 13.2. The number of pyridine rings is 1. The molecule has 0 unspecified atom stereocenters. The van der Waals surface area contributed by atoms with Gasteiger partial charge in [-0.2, -0.15) is 26.4 Å². The van der Waals surface area contributed by atoms with Gasteiger partial charge >= 0.3 is 11.7 Å². The molecule has 2 fully saturated rings. The van der Waals surface area contributed by atoms with E-state index in [1.165, 1.54) is 4.40 Å². The van der Waals surface area contributed by atoms with Gasteiger partial charge in [-0.25, -0.2) is 13.2 Å². The quantitative estimate of drug-likeness (QED) is 0.471. The van der Waals surface area contributed by atoms with Gasteiger partial charge in [-0.1, -0.05) is 17.7 Å². The topological polar surface area (TPSA) is 86.2 Å². The number of aromatic hydroxyl groups is 1. The first kappa shape index (κ1) is 26.0. The zero-order chi connectivity index (χ0) is 26.5. The number of fused-ring (bicyclic) bond motifs is 1. The molecule has 0 atom stereocenters. The summed E-state index contributed by atoms with van der Waals surface area (Å²) >= 11 is 5.63. The Hall–Kier alpha value is -2.67. The fraction of sp³-hybridized carbons (Fsp3) is 0.417. The molecule has 0 spiro atoms. The molecule has 0 bridgehead atoms. The van der Waals surface area contributed by atoms with Crippen LogP contribution in [0.3, 0.4) is 0 Å². The lowest BCUT2D eigenvalue weighted by Crippen LogP contribution is -2.49. The molecule has 37 heavy (non-hydrogen) atoms. The number of piperazine rings is 1. The van der Waals surface area contributed by atoms with Gasteiger partial charge in [-0.05, 0) is 43.0 Å². The Labute approximate surface area is 216 Å². The first-order valence-electron chi connectivity index (χ1n) is 11.8. The monoisotopic (exact) mass is 557 g/mol. The van der Waals surface area contributed by atoms with Crippen LogP contribution in [0.5, 0.6) is 5.88 Å². The van der Waals surface area contributed by atoms with Gasteiger partial charge in [0.05, 0.1) is 28.2 Å². The van der Waals surface area contributed by atoms with Gasteiger partial charge in [0.2, 0.25) is 10.0 Å². The van der Waals surface area contributed by atoms with Crippen molar-refractivity contribution in [2.75, 3.05) is 26.2 Å². The summed E-state index contributed by atoms with van der Waals surface area (Å²) in [6, 6.07) is 7.86. The van der Waals surface area contributed by atoms with Crippen LogP contribution in [0.2, 0.25) is 5.02 Å². The van der Waals surface area contributed by atoms with E-state index in [1.54, 1.807) is 29.0 Å². The zero-order valence-electron chi connectivity index (χ0n) is 19.7. The fourth-order valence-corrected chi connectivity index (χ4v) is 6.27. The van der Waals surface area contributed by atoms with Crippen LogP contribution in [0.1, 0.15) is 24.0 Å². The fourth-order valence-electron chi connectivity index (χ4n) is 4.60. The van der Waals surface area contributed by atoms with Crippen molar-refractivity contribution in [1.82, 2.24) is 13.6 Å². The molecular formula is C24H25ClF3N4O4S+. The average Bonchev–Trinajstić information content (AvgIpc) is 3.68. The Morgan fingerprint density at radius 3 is 2.43 bits per heavy atom. The molecule has 5 rings (SSSR count). The summed E-state index contributed by atoms with van der Waals surface area (Å²) in [6.07, 6.45) is -1.01. The van der Waals surface area contributed by atoms with Crippen molar-refractivity contribution in [3.8, 4) is 5.88 Å². The van der Waals surface area contributed by atoms with Gasteiger partial charge in [-0.15, -0.1) is 0 Å². The van der Waals surface area contributed by atoms with E-state index in [9.17, 15) is 31.5 Å². The highest BCUT2D eigenvalue weighted by Gasteiger charge is 2.37. The molecule has 13 heteroatoms. The molecule has 3 heterocycles.